The first-order chi connectivity index (χ1) is 5.81. The van der Waals surface area contributed by atoms with Gasteiger partial charge in [0.05, 0.1) is 6.54 Å². The summed E-state index contributed by atoms with van der Waals surface area (Å²) >= 11 is 0. The molecule has 0 saturated heterocycles. The lowest BCUT2D eigenvalue weighted by Crippen LogP contribution is -2.31. The van der Waals surface area contributed by atoms with Crippen LogP contribution in [0.5, 0.6) is 0 Å². The Kier molecular flexibility index (Phi) is 9.25. The van der Waals surface area contributed by atoms with E-state index in [4.69, 9.17) is 11.5 Å². The SMILES string of the molecule is NCCSSCCNC(=O)CN. The van der Waals surface area contributed by atoms with E-state index in [1.54, 1.807) is 21.6 Å². The first-order valence-electron chi connectivity index (χ1n) is 3.72. The zero-order chi connectivity index (χ0) is 9.23. The number of hydrogen-bond acceptors (Lipinski definition) is 5. The van der Waals surface area contributed by atoms with Crippen LogP contribution in [0.3, 0.4) is 0 Å². The Labute approximate surface area is 80.6 Å². The Bertz CT molecular complexity index is 123. The van der Waals surface area contributed by atoms with Crippen molar-refractivity contribution in [3.63, 3.8) is 0 Å². The molecule has 0 aromatic carbocycles. The number of nitrogens with one attached hydrogen (secondary N) is 1. The Morgan fingerprint density at radius 3 is 2.50 bits per heavy atom. The Morgan fingerprint density at radius 1 is 1.25 bits per heavy atom. The maximum atomic E-state index is 10.6. The molecule has 0 aliphatic carbocycles. The molecule has 0 aromatic heterocycles. The molecule has 0 saturated carbocycles. The van der Waals surface area contributed by atoms with Crippen LogP contribution >= 0.6 is 21.6 Å². The molecule has 0 aromatic rings. The number of amides is 1. The van der Waals surface area contributed by atoms with Crippen LogP contribution in [0, 0.1) is 0 Å². The van der Waals surface area contributed by atoms with Crippen molar-refractivity contribution >= 4 is 27.5 Å². The number of carbonyl (C=O) groups excluding carboxylic acids is 1. The molecule has 5 N–H and O–H groups in total. The molecular formula is C6H15N3OS2. The molecule has 0 radical (unpaired) electrons. The van der Waals surface area contributed by atoms with Gasteiger partial charge in [0.25, 0.3) is 0 Å². The lowest BCUT2D eigenvalue weighted by Gasteiger charge is -2.01. The average molecular weight is 209 g/mol. The predicted molar refractivity (Wildman–Crippen MR) is 56.0 cm³/mol. The maximum absolute atomic E-state index is 10.6. The molecule has 0 bridgehead atoms. The van der Waals surface area contributed by atoms with Gasteiger partial charge in [-0.15, -0.1) is 0 Å². The van der Waals surface area contributed by atoms with Crippen LogP contribution in [0.25, 0.3) is 0 Å². The summed E-state index contributed by atoms with van der Waals surface area (Å²) in [5.41, 5.74) is 10.4. The van der Waals surface area contributed by atoms with Gasteiger partial charge in [0.2, 0.25) is 5.91 Å². The highest BCUT2D eigenvalue weighted by molar-refractivity contribution is 8.76. The lowest BCUT2D eigenvalue weighted by atomic mass is 10.6. The maximum Gasteiger partial charge on any atom is 0.233 e. The third-order valence-corrected chi connectivity index (χ3v) is 3.42. The average Bonchev–Trinajstić information content (AvgIpc) is 2.10. The van der Waals surface area contributed by atoms with E-state index in [9.17, 15) is 4.79 Å². The van der Waals surface area contributed by atoms with Crippen LogP contribution in [0.2, 0.25) is 0 Å². The monoisotopic (exact) mass is 209 g/mol. The quantitative estimate of drug-likeness (QED) is 0.385. The van der Waals surface area contributed by atoms with E-state index in [1.165, 1.54) is 0 Å². The number of rotatable bonds is 7. The van der Waals surface area contributed by atoms with Gasteiger partial charge in [0.1, 0.15) is 0 Å². The van der Waals surface area contributed by atoms with Gasteiger partial charge in [-0.05, 0) is 0 Å². The van der Waals surface area contributed by atoms with Crippen molar-refractivity contribution in [1.29, 1.82) is 0 Å². The van der Waals surface area contributed by atoms with Gasteiger partial charge in [-0.3, -0.25) is 4.79 Å². The van der Waals surface area contributed by atoms with Crippen LogP contribution in [0.4, 0.5) is 0 Å². The zero-order valence-corrected chi connectivity index (χ0v) is 8.55. The van der Waals surface area contributed by atoms with Crippen molar-refractivity contribution in [3.05, 3.63) is 0 Å². The van der Waals surface area contributed by atoms with E-state index in [0.717, 1.165) is 11.5 Å². The second-order valence-electron chi connectivity index (χ2n) is 1.99. The van der Waals surface area contributed by atoms with E-state index in [-0.39, 0.29) is 12.5 Å². The van der Waals surface area contributed by atoms with Crippen molar-refractivity contribution in [2.24, 2.45) is 11.5 Å². The first kappa shape index (κ1) is 12.1. The van der Waals surface area contributed by atoms with Gasteiger partial charge in [0.15, 0.2) is 0 Å². The fraction of sp³-hybridized carbons (Fsp3) is 0.833. The van der Waals surface area contributed by atoms with Crippen LogP contribution in [0.1, 0.15) is 0 Å². The normalized spacial score (nSPS) is 9.83. The molecule has 6 heteroatoms. The van der Waals surface area contributed by atoms with E-state index < -0.39 is 0 Å². The highest BCUT2D eigenvalue weighted by Crippen LogP contribution is 2.18. The molecule has 12 heavy (non-hydrogen) atoms. The van der Waals surface area contributed by atoms with Crippen LogP contribution in [-0.2, 0) is 4.79 Å². The second kappa shape index (κ2) is 9.18. The molecule has 0 fully saturated rings. The zero-order valence-electron chi connectivity index (χ0n) is 6.91. The Morgan fingerprint density at radius 2 is 1.92 bits per heavy atom. The fourth-order valence-electron chi connectivity index (χ4n) is 0.470. The molecule has 4 nitrogen and oxygen atoms in total. The molecule has 0 spiro atoms. The summed E-state index contributed by atoms with van der Waals surface area (Å²) in [5, 5.41) is 2.68. The first-order valence-corrected chi connectivity index (χ1v) is 6.21. The van der Waals surface area contributed by atoms with Gasteiger partial charge < -0.3 is 16.8 Å². The minimum Gasteiger partial charge on any atom is -0.354 e. The minimum absolute atomic E-state index is 0.0700. The van der Waals surface area contributed by atoms with E-state index in [1.807, 2.05) is 0 Å². The van der Waals surface area contributed by atoms with Gasteiger partial charge >= 0.3 is 0 Å². The molecular weight excluding hydrogens is 194 g/mol. The molecule has 0 unspecified atom stereocenters. The summed E-state index contributed by atoms with van der Waals surface area (Å²) in [6, 6.07) is 0. The van der Waals surface area contributed by atoms with Crippen molar-refractivity contribution in [2.75, 3.05) is 31.1 Å². The molecule has 1 amide bonds. The predicted octanol–water partition coefficient (Wildman–Crippen LogP) is -0.599. The van der Waals surface area contributed by atoms with E-state index in [0.29, 0.717) is 13.1 Å². The molecule has 0 heterocycles. The number of nitrogens with two attached hydrogens (primary N) is 2. The smallest absolute Gasteiger partial charge is 0.233 e. The highest BCUT2D eigenvalue weighted by Gasteiger charge is 1.94. The van der Waals surface area contributed by atoms with Gasteiger partial charge in [-0.25, -0.2) is 0 Å². The number of hydrogen-bond donors (Lipinski definition) is 3. The topological polar surface area (TPSA) is 81.1 Å². The van der Waals surface area contributed by atoms with Crippen molar-refractivity contribution in [2.45, 2.75) is 0 Å². The fourth-order valence-corrected chi connectivity index (χ4v) is 2.23. The lowest BCUT2D eigenvalue weighted by molar-refractivity contribution is -0.119. The van der Waals surface area contributed by atoms with Gasteiger partial charge in [0, 0.05) is 24.6 Å². The molecule has 0 aliphatic heterocycles. The summed E-state index contributed by atoms with van der Waals surface area (Å²) in [6.07, 6.45) is 0. The van der Waals surface area contributed by atoms with Gasteiger partial charge in [-0.1, -0.05) is 21.6 Å². The molecule has 72 valence electrons. The second-order valence-corrected chi connectivity index (χ2v) is 4.69. The number of carbonyl (C=O) groups is 1. The van der Waals surface area contributed by atoms with Crippen molar-refractivity contribution < 1.29 is 4.79 Å². The Hall–Kier alpha value is 0.0900. The summed E-state index contributed by atoms with van der Waals surface area (Å²) in [5.74, 6) is 1.76. The standard InChI is InChI=1S/C6H15N3OS2/c7-1-3-11-12-4-2-9-6(10)5-8/h1-5,7-8H2,(H,9,10). The van der Waals surface area contributed by atoms with Crippen LogP contribution in [0.15, 0.2) is 0 Å². The molecule has 0 aliphatic rings. The highest BCUT2D eigenvalue weighted by atomic mass is 33.1. The Balaban J connectivity index is 2.95. The van der Waals surface area contributed by atoms with Crippen LogP contribution < -0.4 is 16.8 Å². The van der Waals surface area contributed by atoms with Crippen molar-refractivity contribution in [3.8, 4) is 0 Å². The summed E-state index contributed by atoms with van der Waals surface area (Å²) in [4.78, 5) is 10.6. The summed E-state index contributed by atoms with van der Waals surface area (Å²) < 4.78 is 0. The molecule has 0 rings (SSSR count). The summed E-state index contributed by atoms with van der Waals surface area (Å²) in [6.45, 7) is 1.45. The van der Waals surface area contributed by atoms with Gasteiger partial charge in [-0.2, -0.15) is 0 Å². The van der Waals surface area contributed by atoms with E-state index >= 15 is 0 Å². The largest absolute Gasteiger partial charge is 0.354 e. The minimum atomic E-state index is -0.0978. The van der Waals surface area contributed by atoms with E-state index in [2.05, 4.69) is 5.32 Å². The van der Waals surface area contributed by atoms with Crippen molar-refractivity contribution in [1.82, 2.24) is 5.32 Å². The molecule has 0 atom stereocenters. The van der Waals surface area contributed by atoms with Crippen LogP contribution in [-0.4, -0.2) is 37.0 Å². The third kappa shape index (κ3) is 8.19. The third-order valence-electron chi connectivity index (χ3n) is 0.977. The summed E-state index contributed by atoms with van der Waals surface area (Å²) in [7, 11) is 3.43.